The van der Waals surface area contributed by atoms with Gasteiger partial charge in [0.05, 0.1) is 11.4 Å². The number of aromatic nitrogens is 2. The molecule has 0 unspecified atom stereocenters. The lowest BCUT2D eigenvalue weighted by molar-refractivity contribution is 0.893. The first-order valence-electron chi connectivity index (χ1n) is 5.00. The molecule has 1 heterocycles. The summed E-state index contributed by atoms with van der Waals surface area (Å²) in [6.07, 6.45) is 2.96. The van der Waals surface area contributed by atoms with Crippen LogP contribution in [0.2, 0.25) is 0 Å². The van der Waals surface area contributed by atoms with Gasteiger partial charge in [-0.2, -0.15) is 11.8 Å². The van der Waals surface area contributed by atoms with Crippen molar-refractivity contribution in [3.8, 4) is 0 Å². The van der Waals surface area contributed by atoms with Gasteiger partial charge < -0.3 is 4.98 Å². The SMILES string of the molecule is CCSCc1nc2c(c(=O)[nH]1)CCC2. The summed E-state index contributed by atoms with van der Waals surface area (Å²) >= 11 is 1.78. The molecule has 0 aromatic carbocycles. The molecule has 0 amide bonds. The van der Waals surface area contributed by atoms with Crippen molar-refractivity contribution < 1.29 is 0 Å². The van der Waals surface area contributed by atoms with Crippen molar-refractivity contribution in [3.63, 3.8) is 0 Å². The predicted molar refractivity (Wildman–Crippen MR) is 58.7 cm³/mol. The van der Waals surface area contributed by atoms with Gasteiger partial charge in [0.2, 0.25) is 0 Å². The maximum absolute atomic E-state index is 11.6. The highest BCUT2D eigenvalue weighted by Crippen LogP contribution is 2.16. The third kappa shape index (κ3) is 1.85. The standard InChI is InChI=1S/C10H14N2OS/c1-2-14-6-9-11-8-5-3-4-7(8)10(13)12-9/h2-6H2,1H3,(H,11,12,13). The number of thioether (sulfide) groups is 1. The molecule has 0 saturated carbocycles. The highest BCUT2D eigenvalue weighted by molar-refractivity contribution is 7.98. The molecule has 0 atom stereocenters. The minimum atomic E-state index is 0.0826. The maximum Gasteiger partial charge on any atom is 0.254 e. The number of rotatable bonds is 3. The van der Waals surface area contributed by atoms with E-state index in [4.69, 9.17) is 0 Å². The van der Waals surface area contributed by atoms with E-state index in [0.717, 1.165) is 47.8 Å². The van der Waals surface area contributed by atoms with E-state index in [2.05, 4.69) is 16.9 Å². The van der Waals surface area contributed by atoms with Gasteiger partial charge in [0.15, 0.2) is 0 Å². The summed E-state index contributed by atoms with van der Waals surface area (Å²) in [4.78, 5) is 18.9. The molecule has 1 aliphatic rings. The first-order chi connectivity index (χ1) is 6.81. The Morgan fingerprint density at radius 3 is 3.14 bits per heavy atom. The van der Waals surface area contributed by atoms with E-state index >= 15 is 0 Å². The topological polar surface area (TPSA) is 45.8 Å². The summed E-state index contributed by atoms with van der Waals surface area (Å²) in [6, 6.07) is 0. The Hall–Kier alpha value is -0.770. The van der Waals surface area contributed by atoms with Crippen LogP contribution in [0.15, 0.2) is 4.79 Å². The van der Waals surface area contributed by atoms with Gasteiger partial charge in [0.1, 0.15) is 5.82 Å². The van der Waals surface area contributed by atoms with E-state index < -0.39 is 0 Å². The van der Waals surface area contributed by atoms with Crippen molar-refractivity contribution in [2.75, 3.05) is 5.75 Å². The normalized spacial score (nSPS) is 14.4. The van der Waals surface area contributed by atoms with Crippen molar-refractivity contribution >= 4 is 11.8 Å². The number of hydrogen-bond donors (Lipinski definition) is 1. The largest absolute Gasteiger partial charge is 0.310 e. The van der Waals surface area contributed by atoms with Gasteiger partial charge in [-0.1, -0.05) is 6.92 Å². The van der Waals surface area contributed by atoms with Crippen LogP contribution in [-0.2, 0) is 18.6 Å². The van der Waals surface area contributed by atoms with Crippen molar-refractivity contribution in [1.29, 1.82) is 0 Å². The molecule has 1 aromatic heterocycles. The molecule has 1 N–H and O–H groups in total. The minimum absolute atomic E-state index is 0.0826. The highest BCUT2D eigenvalue weighted by Gasteiger charge is 2.16. The van der Waals surface area contributed by atoms with Gasteiger partial charge in [-0.15, -0.1) is 0 Å². The molecule has 0 radical (unpaired) electrons. The molecular weight excluding hydrogens is 196 g/mol. The van der Waals surface area contributed by atoms with Gasteiger partial charge in [0, 0.05) is 5.56 Å². The van der Waals surface area contributed by atoms with Crippen molar-refractivity contribution in [1.82, 2.24) is 9.97 Å². The zero-order valence-electron chi connectivity index (χ0n) is 8.30. The average molecular weight is 210 g/mol. The van der Waals surface area contributed by atoms with Gasteiger partial charge in [-0.25, -0.2) is 4.98 Å². The molecule has 1 aliphatic carbocycles. The van der Waals surface area contributed by atoms with E-state index in [0.29, 0.717) is 0 Å². The first kappa shape index (κ1) is 9.77. The van der Waals surface area contributed by atoms with Crippen molar-refractivity contribution in [2.24, 2.45) is 0 Å². The zero-order chi connectivity index (χ0) is 9.97. The molecule has 0 aliphatic heterocycles. The predicted octanol–water partition coefficient (Wildman–Crippen LogP) is 1.51. The second-order valence-corrected chi connectivity index (χ2v) is 4.70. The highest BCUT2D eigenvalue weighted by atomic mass is 32.2. The fourth-order valence-corrected chi connectivity index (χ4v) is 2.29. The molecule has 76 valence electrons. The Kier molecular flexibility index (Phi) is 2.91. The average Bonchev–Trinajstić information content (AvgIpc) is 2.63. The molecule has 14 heavy (non-hydrogen) atoms. The number of nitrogens with zero attached hydrogens (tertiary/aromatic N) is 1. The van der Waals surface area contributed by atoms with Crippen LogP contribution in [0.1, 0.15) is 30.4 Å². The Balaban J connectivity index is 2.28. The van der Waals surface area contributed by atoms with Gasteiger partial charge in [-0.3, -0.25) is 4.79 Å². The lowest BCUT2D eigenvalue weighted by Gasteiger charge is -2.02. The van der Waals surface area contributed by atoms with E-state index in [9.17, 15) is 4.79 Å². The van der Waals surface area contributed by atoms with E-state index in [1.807, 2.05) is 0 Å². The lowest BCUT2D eigenvalue weighted by Crippen LogP contribution is -2.16. The Bertz CT molecular complexity index is 386. The Morgan fingerprint density at radius 2 is 2.36 bits per heavy atom. The van der Waals surface area contributed by atoms with Crippen LogP contribution in [0.5, 0.6) is 0 Å². The molecule has 3 nitrogen and oxygen atoms in total. The number of hydrogen-bond acceptors (Lipinski definition) is 3. The summed E-state index contributed by atoms with van der Waals surface area (Å²) < 4.78 is 0. The maximum atomic E-state index is 11.6. The number of H-pyrrole nitrogens is 1. The van der Waals surface area contributed by atoms with Crippen LogP contribution in [0, 0.1) is 0 Å². The fourth-order valence-electron chi connectivity index (χ4n) is 1.76. The van der Waals surface area contributed by atoms with Crippen molar-refractivity contribution in [2.45, 2.75) is 31.9 Å². The first-order valence-corrected chi connectivity index (χ1v) is 6.15. The molecule has 0 fully saturated rings. The Labute approximate surface area is 87.3 Å². The fraction of sp³-hybridized carbons (Fsp3) is 0.600. The van der Waals surface area contributed by atoms with Crippen LogP contribution in [0.3, 0.4) is 0 Å². The van der Waals surface area contributed by atoms with Crippen LogP contribution < -0.4 is 5.56 Å². The third-order valence-corrected chi connectivity index (χ3v) is 3.32. The molecule has 0 bridgehead atoms. The van der Waals surface area contributed by atoms with Gasteiger partial charge >= 0.3 is 0 Å². The minimum Gasteiger partial charge on any atom is -0.310 e. The van der Waals surface area contributed by atoms with Crippen LogP contribution in [0.25, 0.3) is 0 Å². The zero-order valence-corrected chi connectivity index (χ0v) is 9.12. The number of aromatic amines is 1. The van der Waals surface area contributed by atoms with Crippen molar-refractivity contribution in [3.05, 3.63) is 27.4 Å². The molecule has 0 saturated heterocycles. The lowest BCUT2D eigenvalue weighted by atomic mass is 10.2. The van der Waals surface area contributed by atoms with Crippen LogP contribution in [0.4, 0.5) is 0 Å². The monoisotopic (exact) mass is 210 g/mol. The summed E-state index contributed by atoms with van der Waals surface area (Å²) in [6.45, 7) is 2.11. The smallest absolute Gasteiger partial charge is 0.254 e. The number of fused-ring (bicyclic) bond motifs is 1. The van der Waals surface area contributed by atoms with E-state index in [-0.39, 0.29) is 5.56 Å². The molecular formula is C10H14N2OS. The number of nitrogens with one attached hydrogen (secondary N) is 1. The summed E-state index contributed by atoms with van der Waals surface area (Å²) in [7, 11) is 0. The molecule has 0 spiro atoms. The second-order valence-electron chi connectivity index (χ2n) is 3.43. The molecule has 4 heteroatoms. The second kappa shape index (κ2) is 4.17. The van der Waals surface area contributed by atoms with Gasteiger partial charge in [-0.05, 0) is 25.0 Å². The quantitative estimate of drug-likeness (QED) is 0.822. The third-order valence-electron chi connectivity index (χ3n) is 2.43. The molecule has 1 aromatic rings. The van der Waals surface area contributed by atoms with E-state index in [1.165, 1.54) is 0 Å². The van der Waals surface area contributed by atoms with Crippen LogP contribution >= 0.6 is 11.8 Å². The summed E-state index contributed by atoms with van der Waals surface area (Å²) in [5.41, 5.74) is 2.02. The Morgan fingerprint density at radius 1 is 1.50 bits per heavy atom. The van der Waals surface area contributed by atoms with Crippen LogP contribution in [-0.4, -0.2) is 15.7 Å². The van der Waals surface area contributed by atoms with E-state index in [1.54, 1.807) is 11.8 Å². The van der Waals surface area contributed by atoms with Gasteiger partial charge in [0.25, 0.3) is 5.56 Å². The summed E-state index contributed by atoms with van der Waals surface area (Å²) in [5.74, 6) is 2.71. The summed E-state index contributed by atoms with van der Waals surface area (Å²) in [5, 5.41) is 0. The molecule has 2 rings (SSSR count). The number of aryl methyl sites for hydroxylation is 1.